The zero-order valence-corrected chi connectivity index (χ0v) is 11.3. The Morgan fingerprint density at radius 3 is 2.72 bits per heavy atom. The summed E-state index contributed by atoms with van der Waals surface area (Å²) in [4.78, 5) is 11.9. The Bertz CT molecular complexity index is 380. The molecular formula is C14H22N2O2. The Hall–Kier alpha value is -1.55. The van der Waals surface area contributed by atoms with Crippen LogP contribution in [-0.4, -0.2) is 25.1 Å². The molecule has 0 spiro atoms. The van der Waals surface area contributed by atoms with Crippen LogP contribution in [0.5, 0.6) is 5.75 Å². The lowest BCUT2D eigenvalue weighted by Crippen LogP contribution is -2.38. The summed E-state index contributed by atoms with van der Waals surface area (Å²) in [6.45, 7) is 7.26. The van der Waals surface area contributed by atoms with E-state index >= 15 is 0 Å². The molecule has 1 amide bonds. The summed E-state index contributed by atoms with van der Waals surface area (Å²) in [5.41, 5.74) is 0.717. The van der Waals surface area contributed by atoms with Crippen molar-refractivity contribution in [3.63, 3.8) is 0 Å². The third kappa shape index (κ3) is 4.37. The number of hydrogen-bond donors (Lipinski definition) is 2. The first-order valence-electron chi connectivity index (χ1n) is 6.45. The molecule has 0 radical (unpaired) electrons. The van der Waals surface area contributed by atoms with E-state index in [-0.39, 0.29) is 11.9 Å². The van der Waals surface area contributed by atoms with Crippen LogP contribution in [0.4, 0.5) is 5.69 Å². The Kier molecular flexibility index (Phi) is 6.22. The van der Waals surface area contributed by atoms with Gasteiger partial charge in [0.15, 0.2) is 0 Å². The van der Waals surface area contributed by atoms with E-state index in [1.54, 1.807) is 0 Å². The van der Waals surface area contributed by atoms with Crippen LogP contribution in [0.15, 0.2) is 24.3 Å². The number of benzene rings is 1. The number of amides is 1. The molecule has 0 fully saturated rings. The smallest absolute Gasteiger partial charge is 0.241 e. The fraction of sp³-hybridized carbons (Fsp3) is 0.500. The summed E-state index contributed by atoms with van der Waals surface area (Å²) in [5.74, 6) is 0.659. The summed E-state index contributed by atoms with van der Waals surface area (Å²) in [7, 11) is 0. The summed E-state index contributed by atoms with van der Waals surface area (Å²) < 4.78 is 5.46. The molecule has 4 nitrogen and oxygen atoms in total. The first-order chi connectivity index (χ1) is 8.69. The summed E-state index contributed by atoms with van der Waals surface area (Å²) in [6, 6.07) is 7.25. The van der Waals surface area contributed by atoms with Crippen LogP contribution in [0.2, 0.25) is 0 Å². The van der Waals surface area contributed by atoms with Gasteiger partial charge in [-0.05, 0) is 38.9 Å². The van der Waals surface area contributed by atoms with E-state index in [4.69, 9.17) is 4.74 Å². The molecule has 0 saturated carbocycles. The minimum absolute atomic E-state index is 0.0457. The maximum Gasteiger partial charge on any atom is 0.241 e. The van der Waals surface area contributed by atoms with Crippen LogP contribution >= 0.6 is 0 Å². The predicted molar refractivity (Wildman–Crippen MR) is 74.0 cm³/mol. The minimum atomic E-state index is -0.209. The molecule has 2 N–H and O–H groups in total. The fourth-order valence-electron chi connectivity index (χ4n) is 1.55. The van der Waals surface area contributed by atoms with Crippen molar-refractivity contribution in [1.82, 2.24) is 5.32 Å². The van der Waals surface area contributed by atoms with E-state index in [9.17, 15) is 4.79 Å². The molecular weight excluding hydrogens is 228 g/mol. The number of nitrogens with one attached hydrogen (secondary N) is 2. The zero-order chi connectivity index (χ0) is 13.4. The summed E-state index contributed by atoms with van der Waals surface area (Å²) in [6.07, 6.45) is 1.01. The standard InChI is InChI=1S/C14H22N2O2/c1-4-10-15-11(3)14(17)16-12-8-6-7-9-13(12)18-5-2/h6-9,11,15H,4-5,10H2,1-3H3,(H,16,17). The van der Waals surface area contributed by atoms with Crippen molar-refractivity contribution in [2.45, 2.75) is 33.2 Å². The van der Waals surface area contributed by atoms with Crippen LogP contribution in [0.3, 0.4) is 0 Å². The van der Waals surface area contributed by atoms with Gasteiger partial charge in [0, 0.05) is 0 Å². The topological polar surface area (TPSA) is 50.4 Å². The molecule has 18 heavy (non-hydrogen) atoms. The number of hydrogen-bond acceptors (Lipinski definition) is 3. The lowest BCUT2D eigenvalue weighted by Gasteiger charge is -2.15. The van der Waals surface area contributed by atoms with Crippen LogP contribution in [0.25, 0.3) is 0 Å². The second-order valence-corrected chi connectivity index (χ2v) is 4.09. The molecule has 1 rings (SSSR count). The number of carbonyl (C=O) groups is 1. The maximum absolute atomic E-state index is 11.9. The van der Waals surface area contributed by atoms with Gasteiger partial charge in [0.05, 0.1) is 18.3 Å². The van der Waals surface area contributed by atoms with Crippen LogP contribution in [0, 0.1) is 0 Å². The van der Waals surface area contributed by atoms with Crippen LogP contribution in [-0.2, 0) is 4.79 Å². The van der Waals surface area contributed by atoms with Gasteiger partial charge >= 0.3 is 0 Å². The SMILES string of the molecule is CCCNC(C)C(=O)Nc1ccccc1OCC. The molecule has 0 aliphatic heterocycles. The lowest BCUT2D eigenvalue weighted by atomic mass is 10.2. The number of rotatable bonds is 7. The van der Waals surface area contributed by atoms with Crippen LogP contribution < -0.4 is 15.4 Å². The molecule has 0 aromatic heterocycles. The van der Waals surface area contributed by atoms with E-state index in [1.807, 2.05) is 38.1 Å². The van der Waals surface area contributed by atoms with Gasteiger partial charge in [-0.3, -0.25) is 4.79 Å². The lowest BCUT2D eigenvalue weighted by molar-refractivity contribution is -0.117. The van der Waals surface area contributed by atoms with Crippen molar-refractivity contribution in [3.8, 4) is 5.75 Å². The van der Waals surface area contributed by atoms with Gasteiger partial charge in [-0.25, -0.2) is 0 Å². The Balaban J connectivity index is 2.63. The van der Waals surface area contributed by atoms with Crippen molar-refractivity contribution < 1.29 is 9.53 Å². The molecule has 0 heterocycles. The monoisotopic (exact) mass is 250 g/mol. The van der Waals surface area contributed by atoms with Gasteiger partial charge in [0.25, 0.3) is 0 Å². The molecule has 0 aliphatic carbocycles. The Morgan fingerprint density at radius 1 is 1.33 bits per heavy atom. The number of para-hydroxylation sites is 2. The van der Waals surface area contributed by atoms with E-state index in [1.165, 1.54) is 0 Å². The number of ether oxygens (including phenoxy) is 1. The van der Waals surface area contributed by atoms with E-state index in [2.05, 4.69) is 17.6 Å². The molecule has 1 atom stereocenters. The van der Waals surface area contributed by atoms with E-state index < -0.39 is 0 Å². The molecule has 1 aromatic carbocycles. The first kappa shape index (κ1) is 14.5. The number of anilines is 1. The molecule has 1 aromatic rings. The first-order valence-corrected chi connectivity index (χ1v) is 6.45. The summed E-state index contributed by atoms with van der Waals surface area (Å²) in [5, 5.41) is 6.03. The van der Waals surface area contributed by atoms with Crippen molar-refractivity contribution >= 4 is 11.6 Å². The molecule has 0 aliphatic rings. The second-order valence-electron chi connectivity index (χ2n) is 4.09. The van der Waals surface area contributed by atoms with Gasteiger partial charge in [0.2, 0.25) is 5.91 Å². The van der Waals surface area contributed by atoms with Gasteiger partial charge in [0.1, 0.15) is 5.75 Å². The van der Waals surface area contributed by atoms with Crippen molar-refractivity contribution in [2.24, 2.45) is 0 Å². The van der Waals surface area contributed by atoms with Crippen LogP contribution in [0.1, 0.15) is 27.2 Å². The molecule has 1 unspecified atom stereocenters. The van der Waals surface area contributed by atoms with Crippen molar-refractivity contribution in [3.05, 3.63) is 24.3 Å². The molecule has 4 heteroatoms. The minimum Gasteiger partial charge on any atom is -0.492 e. The van der Waals surface area contributed by atoms with Gasteiger partial charge in [-0.2, -0.15) is 0 Å². The number of carbonyl (C=O) groups excluding carboxylic acids is 1. The fourth-order valence-corrected chi connectivity index (χ4v) is 1.55. The highest BCUT2D eigenvalue weighted by molar-refractivity contribution is 5.95. The average Bonchev–Trinajstić information content (AvgIpc) is 2.38. The van der Waals surface area contributed by atoms with Crippen molar-refractivity contribution in [1.29, 1.82) is 0 Å². The summed E-state index contributed by atoms with van der Waals surface area (Å²) >= 11 is 0. The zero-order valence-electron chi connectivity index (χ0n) is 11.3. The van der Waals surface area contributed by atoms with Crippen molar-refractivity contribution in [2.75, 3.05) is 18.5 Å². The normalized spacial score (nSPS) is 11.9. The highest BCUT2D eigenvalue weighted by atomic mass is 16.5. The molecule has 0 saturated heterocycles. The van der Waals surface area contributed by atoms with E-state index in [0.29, 0.717) is 12.4 Å². The second kappa shape index (κ2) is 7.71. The highest BCUT2D eigenvalue weighted by Crippen LogP contribution is 2.23. The molecule has 100 valence electrons. The molecule has 0 bridgehead atoms. The largest absolute Gasteiger partial charge is 0.492 e. The van der Waals surface area contributed by atoms with E-state index in [0.717, 1.165) is 18.7 Å². The Morgan fingerprint density at radius 2 is 2.06 bits per heavy atom. The maximum atomic E-state index is 11.9. The third-order valence-electron chi connectivity index (χ3n) is 2.54. The quantitative estimate of drug-likeness (QED) is 0.781. The highest BCUT2D eigenvalue weighted by Gasteiger charge is 2.13. The van der Waals surface area contributed by atoms with Gasteiger partial charge in [-0.15, -0.1) is 0 Å². The van der Waals surface area contributed by atoms with Gasteiger partial charge < -0.3 is 15.4 Å². The predicted octanol–water partition coefficient (Wildman–Crippen LogP) is 2.41. The Labute approximate surface area is 109 Å². The third-order valence-corrected chi connectivity index (χ3v) is 2.54. The average molecular weight is 250 g/mol. The van der Waals surface area contributed by atoms with Gasteiger partial charge in [-0.1, -0.05) is 19.1 Å².